The molecule has 0 saturated carbocycles. The number of ether oxygens (including phenoxy) is 1. The number of sulfonamides is 1. The van der Waals surface area contributed by atoms with Crippen LogP contribution in [0.1, 0.15) is 18.1 Å². The van der Waals surface area contributed by atoms with E-state index in [1.165, 1.54) is 23.5 Å². The van der Waals surface area contributed by atoms with Crippen molar-refractivity contribution in [3.8, 4) is 0 Å². The van der Waals surface area contributed by atoms with Crippen molar-refractivity contribution in [2.24, 2.45) is 4.40 Å². The van der Waals surface area contributed by atoms with Crippen LogP contribution < -0.4 is 4.80 Å². The van der Waals surface area contributed by atoms with Gasteiger partial charge in [-0.1, -0.05) is 29.5 Å². The molecule has 27 heavy (non-hydrogen) atoms. The summed E-state index contributed by atoms with van der Waals surface area (Å²) in [4.78, 5) is 12.4. The molecule has 6 nitrogen and oxygen atoms in total. The fourth-order valence-electron chi connectivity index (χ4n) is 2.63. The SMILES string of the molecule is CCOC(=O)Cn1/c(=N/S(=O)(=O)c2ccccc2)sc2cc(C)c(C)cc21. The van der Waals surface area contributed by atoms with Gasteiger partial charge < -0.3 is 9.30 Å². The highest BCUT2D eigenvalue weighted by atomic mass is 32.2. The lowest BCUT2D eigenvalue weighted by atomic mass is 10.1. The van der Waals surface area contributed by atoms with Gasteiger partial charge in [0, 0.05) is 0 Å². The lowest BCUT2D eigenvalue weighted by Gasteiger charge is -2.06. The Bertz CT molecular complexity index is 1160. The normalized spacial score (nSPS) is 12.5. The molecule has 0 unspecified atom stereocenters. The molecule has 0 saturated heterocycles. The molecule has 0 fully saturated rings. The van der Waals surface area contributed by atoms with Gasteiger partial charge in [0.05, 0.1) is 21.7 Å². The van der Waals surface area contributed by atoms with Crippen LogP contribution in [0.25, 0.3) is 10.2 Å². The molecule has 0 aliphatic carbocycles. The molecule has 0 amide bonds. The number of hydrogen-bond donors (Lipinski definition) is 0. The minimum Gasteiger partial charge on any atom is -0.465 e. The summed E-state index contributed by atoms with van der Waals surface area (Å²) in [5, 5.41) is 0. The van der Waals surface area contributed by atoms with Crippen molar-refractivity contribution in [2.75, 3.05) is 6.61 Å². The fraction of sp³-hybridized carbons (Fsp3) is 0.263. The van der Waals surface area contributed by atoms with Gasteiger partial charge in [0.25, 0.3) is 10.0 Å². The number of carbonyl (C=O) groups is 1. The van der Waals surface area contributed by atoms with E-state index in [9.17, 15) is 13.2 Å². The molecular weight excluding hydrogens is 384 g/mol. The first-order valence-corrected chi connectivity index (χ1v) is 10.7. The van der Waals surface area contributed by atoms with E-state index in [2.05, 4.69) is 4.40 Å². The molecule has 0 radical (unpaired) electrons. The maximum absolute atomic E-state index is 12.7. The summed E-state index contributed by atoms with van der Waals surface area (Å²) < 4.78 is 36.9. The average Bonchev–Trinajstić information content (AvgIpc) is 2.92. The Morgan fingerprint density at radius 3 is 2.48 bits per heavy atom. The van der Waals surface area contributed by atoms with Gasteiger partial charge in [-0.2, -0.15) is 8.42 Å². The van der Waals surface area contributed by atoms with E-state index in [-0.39, 0.29) is 22.8 Å². The number of nitrogens with zero attached hydrogens (tertiary/aromatic N) is 2. The molecule has 0 bridgehead atoms. The second-order valence-corrected chi connectivity index (χ2v) is 8.67. The zero-order valence-electron chi connectivity index (χ0n) is 15.3. The molecule has 2 aromatic carbocycles. The largest absolute Gasteiger partial charge is 0.465 e. The van der Waals surface area contributed by atoms with Crippen LogP contribution in [0.2, 0.25) is 0 Å². The average molecular weight is 405 g/mol. The standard InChI is InChI=1S/C19H20N2O4S2/c1-4-25-18(22)12-21-16-10-13(2)14(3)11-17(16)26-19(21)20-27(23,24)15-8-6-5-7-9-15/h5-11H,4,12H2,1-3H3/b20-19-. The van der Waals surface area contributed by atoms with Crippen molar-refractivity contribution < 1.29 is 17.9 Å². The van der Waals surface area contributed by atoms with Crippen molar-refractivity contribution in [2.45, 2.75) is 32.2 Å². The number of aryl methyl sites for hydroxylation is 2. The lowest BCUT2D eigenvalue weighted by molar-refractivity contribution is -0.143. The summed E-state index contributed by atoms with van der Waals surface area (Å²) in [5.41, 5.74) is 2.90. The number of carbonyl (C=O) groups excluding carboxylic acids is 1. The van der Waals surface area contributed by atoms with Gasteiger partial charge in [-0.15, -0.1) is 4.40 Å². The summed E-state index contributed by atoms with van der Waals surface area (Å²) in [6.07, 6.45) is 0. The Hall–Kier alpha value is -2.45. The van der Waals surface area contributed by atoms with E-state index < -0.39 is 16.0 Å². The Morgan fingerprint density at radius 1 is 1.15 bits per heavy atom. The summed E-state index contributed by atoms with van der Waals surface area (Å²) >= 11 is 1.24. The molecule has 1 heterocycles. The lowest BCUT2D eigenvalue weighted by Crippen LogP contribution is -2.23. The number of aromatic nitrogens is 1. The second kappa shape index (κ2) is 7.66. The molecule has 1 aromatic heterocycles. The maximum atomic E-state index is 12.7. The van der Waals surface area contributed by atoms with Crippen molar-refractivity contribution >= 4 is 37.5 Å². The number of benzene rings is 2. The third-order valence-corrected chi connectivity index (χ3v) is 6.57. The highest BCUT2D eigenvalue weighted by Crippen LogP contribution is 2.22. The highest BCUT2D eigenvalue weighted by molar-refractivity contribution is 7.90. The summed E-state index contributed by atoms with van der Waals surface area (Å²) in [6, 6.07) is 11.9. The maximum Gasteiger partial charge on any atom is 0.326 e. The first-order chi connectivity index (χ1) is 12.8. The van der Waals surface area contributed by atoms with Crippen molar-refractivity contribution in [3.05, 3.63) is 58.4 Å². The molecule has 0 aliphatic heterocycles. The smallest absolute Gasteiger partial charge is 0.326 e. The van der Waals surface area contributed by atoms with Crippen LogP contribution in [0.4, 0.5) is 0 Å². The van der Waals surface area contributed by atoms with Gasteiger partial charge in [0.1, 0.15) is 6.54 Å². The molecule has 8 heteroatoms. The first kappa shape index (κ1) is 19.3. The molecule has 0 spiro atoms. The number of fused-ring (bicyclic) bond motifs is 1. The highest BCUT2D eigenvalue weighted by Gasteiger charge is 2.16. The molecular formula is C19H20N2O4S2. The Balaban J connectivity index is 2.23. The monoisotopic (exact) mass is 404 g/mol. The number of esters is 1. The second-order valence-electron chi connectivity index (χ2n) is 6.06. The summed E-state index contributed by atoms with van der Waals surface area (Å²) in [5.74, 6) is -0.436. The molecule has 0 aliphatic rings. The van der Waals surface area contributed by atoms with E-state index >= 15 is 0 Å². The van der Waals surface area contributed by atoms with Crippen molar-refractivity contribution in [1.82, 2.24) is 4.57 Å². The minimum absolute atomic E-state index is 0.0977. The van der Waals surface area contributed by atoms with Gasteiger partial charge in [0.2, 0.25) is 4.80 Å². The van der Waals surface area contributed by atoms with E-state index in [0.717, 1.165) is 21.3 Å². The topological polar surface area (TPSA) is 77.7 Å². The zero-order valence-corrected chi connectivity index (χ0v) is 16.9. The molecule has 0 N–H and O–H groups in total. The third-order valence-electron chi connectivity index (χ3n) is 4.13. The van der Waals surface area contributed by atoms with Crippen LogP contribution in [-0.2, 0) is 26.1 Å². The summed E-state index contributed by atoms with van der Waals surface area (Å²) in [7, 11) is -3.89. The Morgan fingerprint density at radius 2 is 1.81 bits per heavy atom. The zero-order chi connectivity index (χ0) is 19.6. The van der Waals surface area contributed by atoms with E-state index in [1.807, 2.05) is 26.0 Å². The van der Waals surface area contributed by atoms with Gasteiger partial charge in [-0.25, -0.2) is 0 Å². The molecule has 142 valence electrons. The van der Waals surface area contributed by atoms with E-state index in [4.69, 9.17) is 4.74 Å². The van der Waals surface area contributed by atoms with Gasteiger partial charge in [-0.3, -0.25) is 4.79 Å². The third kappa shape index (κ3) is 4.12. The number of hydrogen-bond acceptors (Lipinski definition) is 5. The fourth-order valence-corrected chi connectivity index (χ4v) is 4.96. The van der Waals surface area contributed by atoms with Crippen LogP contribution in [0, 0.1) is 13.8 Å². The van der Waals surface area contributed by atoms with Gasteiger partial charge in [0.15, 0.2) is 0 Å². The molecule has 3 rings (SSSR count). The number of thiazole rings is 1. The van der Waals surface area contributed by atoms with Crippen molar-refractivity contribution in [1.29, 1.82) is 0 Å². The quantitative estimate of drug-likeness (QED) is 0.612. The van der Waals surface area contributed by atoms with Crippen molar-refractivity contribution in [3.63, 3.8) is 0 Å². The number of rotatable bonds is 5. The van der Waals surface area contributed by atoms with Crippen LogP contribution in [0.5, 0.6) is 0 Å². The predicted molar refractivity (Wildman–Crippen MR) is 105 cm³/mol. The van der Waals surface area contributed by atoms with Crippen LogP contribution in [0.3, 0.4) is 0 Å². The summed E-state index contributed by atoms with van der Waals surface area (Å²) in [6.45, 7) is 5.85. The Labute approximate surface area is 161 Å². The van der Waals surface area contributed by atoms with E-state index in [0.29, 0.717) is 0 Å². The van der Waals surface area contributed by atoms with Crippen LogP contribution in [-0.4, -0.2) is 25.6 Å². The predicted octanol–water partition coefficient (Wildman–Crippen LogP) is 3.17. The molecule has 0 atom stereocenters. The van der Waals surface area contributed by atoms with Crippen LogP contribution >= 0.6 is 11.3 Å². The van der Waals surface area contributed by atoms with Gasteiger partial charge >= 0.3 is 5.97 Å². The van der Waals surface area contributed by atoms with Gasteiger partial charge in [-0.05, 0) is 56.2 Å². The van der Waals surface area contributed by atoms with Crippen LogP contribution in [0.15, 0.2) is 51.8 Å². The Kier molecular flexibility index (Phi) is 5.48. The van der Waals surface area contributed by atoms with E-state index in [1.54, 1.807) is 29.7 Å². The first-order valence-electron chi connectivity index (χ1n) is 8.44. The minimum atomic E-state index is -3.89. The molecule has 3 aromatic rings.